The Labute approximate surface area is 274 Å². The van der Waals surface area contributed by atoms with Crippen LogP contribution in [0.5, 0.6) is 5.75 Å². The largest absolute Gasteiger partial charge is 0.496 e. The van der Waals surface area contributed by atoms with E-state index in [4.69, 9.17) is 9.47 Å². The predicted octanol–water partition coefficient (Wildman–Crippen LogP) is 8.45. The van der Waals surface area contributed by atoms with Crippen molar-refractivity contribution >= 4 is 17.7 Å². The molecule has 2 fully saturated rings. The van der Waals surface area contributed by atoms with Crippen molar-refractivity contribution in [1.29, 1.82) is 0 Å². The third-order valence-electron chi connectivity index (χ3n) is 9.83. The maximum absolute atomic E-state index is 14.1. The molecule has 0 spiro atoms. The minimum absolute atomic E-state index is 0.0435. The van der Waals surface area contributed by atoms with Crippen molar-refractivity contribution in [3.8, 4) is 16.9 Å². The second-order valence-corrected chi connectivity index (χ2v) is 13.7. The van der Waals surface area contributed by atoms with E-state index in [9.17, 15) is 9.59 Å². The van der Waals surface area contributed by atoms with E-state index >= 15 is 0 Å². The van der Waals surface area contributed by atoms with Crippen LogP contribution in [0.3, 0.4) is 0 Å². The highest BCUT2D eigenvalue weighted by Gasteiger charge is 2.31. The Morgan fingerprint density at radius 1 is 0.978 bits per heavy atom. The quantitative estimate of drug-likeness (QED) is 0.230. The van der Waals surface area contributed by atoms with Crippen LogP contribution in [0.25, 0.3) is 11.1 Å². The number of methoxy groups -OCH3 is 1. The SMILES string of the molecule is COc1ccc(C2CCC(CN(C(=O)C3CCCCC3)c3cccc(-c4cnn(C(C)CNC(=O)OC(C)C)c4)c3)CC2)cc1C. The molecule has 2 saturated carbocycles. The first kappa shape index (κ1) is 33.6. The van der Waals surface area contributed by atoms with E-state index in [2.05, 4.69) is 64.7 Å². The fraction of sp³-hybridized carbons (Fsp3) is 0.553. The number of ether oxygens (including phenoxy) is 2. The van der Waals surface area contributed by atoms with Crippen molar-refractivity contribution in [3.63, 3.8) is 0 Å². The summed E-state index contributed by atoms with van der Waals surface area (Å²) in [5.74, 6) is 2.37. The zero-order valence-corrected chi connectivity index (χ0v) is 28.3. The molecule has 1 aromatic heterocycles. The molecule has 1 N–H and O–H groups in total. The van der Waals surface area contributed by atoms with E-state index in [1.165, 1.54) is 17.5 Å². The van der Waals surface area contributed by atoms with Crippen LogP contribution < -0.4 is 15.0 Å². The number of hydrogen-bond acceptors (Lipinski definition) is 5. The lowest BCUT2D eigenvalue weighted by atomic mass is 9.78. The summed E-state index contributed by atoms with van der Waals surface area (Å²) in [6.45, 7) is 8.97. The minimum atomic E-state index is -0.422. The maximum Gasteiger partial charge on any atom is 0.407 e. The van der Waals surface area contributed by atoms with Gasteiger partial charge in [0.1, 0.15) is 5.75 Å². The second kappa shape index (κ2) is 15.7. The highest BCUT2D eigenvalue weighted by atomic mass is 16.6. The first-order valence-electron chi connectivity index (χ1n) is 17.3. The zero-order chi connectivity index (χ0) is 32.6. The number of nitrogens with zero attached hydrogens (tertiary/aromatic N) is 3. The predicted molar refractivity (Wildman–Crippen MR) is 183 cm³/mol. The summed E-state index contributed by atoms with van der Waals surface area (Å²) in [6.07, 6.45) is 13.3. The summed E-state index contributed by atoms with van der Waals surface area (Å²) in [7, 11) is 1.73. The molecule has 1 heterocycles. The number of amides is 2. The summed E-state index contributed by atoms with van der Waals surface area (Å²) in [5, 5.41) is 7.41. The first-order valence-corrected chi connectivity index (χ1v) is 17.3. The Bertz CT molecular complexity index is 1450. The Hall–Kier alpha value is -3.81. The molecule has 8 nitrogen and oxygen atoms in total. The van der Waals surface area contributed by atoms with Crippen molar-refractivity contribution in [2.75, 3.05) is 25.1 Å². The molecule has 5 rings (SSSR count). The Balaban J connectivity index is 1.29. The second-order valence-electron chi connectivity index (χ2n) is 13.7. The van der Waals surface area contributed by atoms with Crippen molar-refractivity contribution in [3.05, 3.63) is 66.0 Å². The van der Waals surface area contributed by atoms with Crippen molar-refractivity contribution in [1.82, 2.24) is 15.1 Å². The molecule has 248 valence electrons. The molecule has 0 saturated heterocycles. The third kappa shape index (κ3) is 8.51. The molecule has 0 bridgehead atoms. The van der Waals surface area contributed by atoms with Crippen LogP contribution in [0.15, 0.2) is 54.9 Å². The fourth-order valence-corrected chi connectivity index (χ4v) is 7.15. The lowest BCUT2D eigenvalue weighted by Gasteiger charge is -2.35. The van der Waals surface area contributed by atoms with E-state index < -0.39 is 6.09 Å². The number of alkyl carbamates (subject to hydrolysis) is 1. The van der Waals surface area contributed by atoms with Crippen LogP contribution in [0.2, 0.25) is 0 Å². The van der Waals surface area contributed by atoms with Crippen molar-refractivity contribution < 1.29 is 19.1 Å². The van der Waals surface area contributed by atoms with Crippen LogP contribution in [0.4, 0.5) is 10.5 Å². The van der Waals surface area contributed by atoms with E-state index in [1.807, 2.05) is 37.8 Å². The number of benzene rings is 2. The van der Waals surface area contributed by atoms with Gasteiger partial charge < -0.3 is 19.7 Å². The van der Waals surface area contributed by atoms with Gasteiger partial charge in [-0.2, -0.15) is 5.10 Å². The summed E-state index contributed by atoms with van der Waals surface area (Å²) < 4.78 is 12.5. The monoisotopic (exact) mass is 628 g/mol. The van der Waals surface area contributed by atoms with E-state index in [0.29, 0.717) is 18.4 Å². The van der Waals surface area contributed by atoms with E-state index in [1.54, 1.807) is 7.11 Å². The molecule has 3 aromatic rings. The van der Waals surface area contributed by atoms with Gasteiger partial charge in [-0.3, -0.25) is 9.48 Å². The molecule has 2 amide bonds. The Morgan fingerprint density at radius 3 is 2.43 bits per heavy atom. The van der Waals surface area contributed by atoms with Crippen LogP contribution in [-0.4, -0.2) is 48.1 Å². The maximum atomic E-state index is 14.1. The van der Waals surface area contributed by atoms with Gasteiger partial charge in [0.15, 0.2) is 0 Å². The van der Waals surface area contributed by atoms with Gasteiger partial charge in [-0.15, -0.1) is 0 Å². The highest BCUT2D eigenvalue weighted by molar-refractivity contribution is 5.95. The molecule has 2 aliphatic carbocycles. The lowest BCUT2D eigenvalue weighted by molar-refractivity contribution is -0.123. The number of aromatic nitrogens is 2. The smallest absolute Gasteiger partial charge is 0.407 e. The number of carbonyl (C=O) groups excluding carboxylic acids is 2. The average Bonchev–Trinajstić information content (AvgIpc) is 3.57. The molecule has 0 aliphatic heterocycles. The molecule has 2 aliphatic rings. The average molecular weight is 629 g/mol. The summed E-state index contributed by atoms with van der Waals surface area (Å²) >= 11 is 0. The van der Waals surface area contributed by atoms with E-state index in [-0.39, 0.29) is 24.0 Å². The summed E-state index contributed by atoms with van der Waals surface area (Å²) in [5.41, 5.74) is 5.58. The molecular formula is C38H52N4O4. The van der Waals surface area contributed by atoms with Gasteiger partial charge in [-0.05, 0) is 113 Å². The molecule has 8 heteroatoms. The van der Waals surface area contributed by atoms with Gasteiger partial charge in [0.25, 0.3) is 0 Å². The van der Waals surface area contributed by atoms with Crippen LogP contribution in [0.1, 0.15) is 102 Å². The third-order valence-corrected chi connectivity index (χ3v) is 9.83. The number of rotatable bonds is 11. The van der Waals surface area contributed by atoms with Crippen molar-refractivity contribution in [2.24, 2.45) is 11.8 Å². The first-order chi connectivity index (χ1) is 22.2. The molecule has 0 radical (unpaired) electrons. The Kier molecular flexibility index (Phi) is 11.4. The lowest BCUT2D eigenvalue weighted by Crippen LogP contribution is -2.41. The molecule has 46 heavy (non-hydrogen) atoms. The molecule has 1 unspecified atom stereocenters. The normalized spacial score (nSPS) is 19.4. The number of anilines is 1. The summed E-state index contributed by atoms with van der Waals surface area (Å²) in [6, 6.07) is 14.9. The zero-order valence-electron chi connectivity index (χ0n) is 28.3. The van der Waals surface area contributed by atoms with E-state index in [0.717, 1.165) is 80.5 Å². The topological polar surface area (TPSA) is 85.7 Å². The van der Waals surface area contributed by atoms with Crippen LogP contribution in [-0.2, 0) is 9.53 Å². The fourth-order valence-electron chi connectivity index (χ4n) is 7.15. The van der Waals surface area contributed by atoms with Crippen molar-refractivity contribution in [2.45, 2.75) is 104 Å². The van der Waals surface area contributed by atoms with Crippen LogP contribution >= 0.6 is 0 Å². The molecular weight excluding hydrogens is 576 g/mol. The van der Waals surface area contributed by atoms with Crippen LogP contribution in [0, 0.1) is 18.8 Å². The van der Waals surface area contributed by atoms with Gasteiger partial charge in [-0.1, -0.05) is 43.5 Å². The number of carbonyl (C=O) groups is 2. The minimum Gasteiger partial charge on any atom is -0.496 e. The molecule has 1 atom stereocenters. The summed E-state index contributed by atoms with van der Waals surface area (Å²) in [4.78, 5) is 28.2. The number of aryl methyl sites for hydroxylation is 1. The van der Waals surface area contributed by atoms with Gasteiger partial charge in [0.05, 0.1) is 25.5 Å². The number of hydrogen-bond donors (Lipinski definition) is 1. The van der Waals surface area contributed by atoms with Gasteiger partial charge in [0.2, 0.25) is 5.91 Å². The molecule has 2 aromatic carbocycles. The van der Waals surface area contributed by atoms with Gasteiger partial charge >= 0.3 is 6.09 Å². The van der Waals surface area contributed by atoms with Gasteiger partial charge in [0, 0.05) is 36.5 Å². The number of nitrogens with one attached hydrogen (secondary N) is 1. The Morgan fingerprint density at radius 2 is 1.74 bits per heavy atom. The van der Waals surface area contributed by atoms with Gasteiger partial charge in [-0.25, -0.2) is 4.79 Å². The highest BCUT2D eigenvalue weighted by Crippen LogP contribution is 2.39. The standard InChI is InChI=1S/C38H52N4O4/c1-26(2)46-38(44)39-22-28(4)42-25-34(23-40-42)32-12-9-13-35(21-32)41(37(43)31-10-7-6-8-11-31)24-29-14-16-30(17-15-29)33-18-19-36(45-5)27(3)20-33/h9,12-13,18-21,23,25-26,28-31H,6-8,10-11,14-17,22,24H2,1-5H3,(H,39,44).